The number of methoxy groups -OCH3 is 1. The molecule has 25 heavy (non-hydrogen) atoms. The lowest BCUT2D eigenvalue weighted by molar-refractivity contribution is -0.117. The lowest BCUT2D eigenvalue weighted by Gasteiger charge is -2.11. The number of hydrogen-bond donors (Lipinski definition) is 1. The van der Waals surface area contributed by atoms with Gasteiger partial charge < -0.3 is 14.8 Å². The Labute approximate surface area is 148 Å². The molecule has 0 saturated carbocycles. The first-order chi connectivity index (χ1) is 12.1. The van der Waals surface area contributed by atoms with E-state index in [1.165, 1.54) is 6.08 Å². The molecule has 5 nitrogen and oxygen atoms in total. The number of pyridine rings is 1. The molecule has 0 saturated heterocycles. The van der Waals surface area contributed by atoms with Crippen molar-refractivity contribution in [2.24, 2.45) is 0 Å². The van der Waals surface area contributed by atoms with E-state index in [1.807, 2.05) is 37.3 Å². The van der Waals surface area contributed by atoms with Gasteiger partial charge >= 0.3 is 0 Å². The Morgan fingerprint density at radius 1 is 1.32 bits per heavy atom. The van der Waals surface area contributed by atoms with Crippen LogP contribution >= 0.6 is 0 Å². The van der Waals surface area contributed by atoms with Gasteiger partial charge in [-0.2, -0.15) is 0 Å². The van der Waals surface area contributed by atoms with Crippen LogP contribution in [-0.2, 0) is 4.79 Å². The monoisotopic (exact) mass is 338 g/mol. The zero-order chi connectivity index (χ0) is 18.1. The predicted octanol–water partition coefficient (Wildman–Crippen LogP) is 3.55. The number of carbonyl (C=O) groups excluding carboxylic acids is 1. The van der Waals surface area contributed by atoms with Gasteiger partial charge in [0.1, 0.15) is 6.61 Å². The number of hydrogen-bond acceptors (Lipinski definition) is 4. The van der Waals surface area contributed by atoms with Crippen molar-refractivity contribution < 1.29 is 14.3 Å². The summed E-state index contributed by atoms with van der Waals surface area (Å²) in [7, 11) is 1.57. The Morgan fingerprint density at radius 3 is 2.84 bits per heavy atom. The molecule has 1 amide bonds. The van der Waals surface area contributed by atoms with E-state index in [4.69, 9.17) is 9.47 Å². The average Bonchev–Trinajstić information content (AvgIpc) is 2.65. The van der Waals surface area contributed by atoms with Gasteiger partial charge in [0.2, 0.25) is 5.91 Å². The molecule has 1 unspecified atom stereocenters. The van der Waals surface area contributed by atoms with Gasteiger partial charge in [0, 0.05) is 12.3 Å². The fourth-order valence-electron chi connectivity index (χ4n) is 2.20. The van der Waals surface area contributed by atoms with E-state index >= 15 is 0 Å². The normalized spacial score (nSPS) is 11.8. The number of nitrogens with zero attached hydrogens (tertiary/aromatic N) is 1. The maximum atomic E-state index is 12.1. The molecule has 1 atom stereocenters. The molecule has 1 heterocycles. The lowest BCUT2D eigenvalue weighted by atomic mass is 10.1. The van der Waals surface area contributed by atoms with Gasteiger partial charge in [-0.15, -0.1) is 0 Å². The summed E-state index contributed by atoms with van der Waals surface area (Å²) in [5.41, 5.74) is 1.65. The lowest BCUT2D eigenvalue weighted by Crippen LogP contribution is -2.25. The minimum absolute atomic E-state index is 0.164. The van der Waals surface area contributed by atoms with Crippen molar-refractivity contribution in [3.05, 3.63) is 72.6 Å². The number of benzene rings is 1. The highest BCUT2D eigenvalue weighted by Gasteiger charge is 2.08. The van der Waals surface area contributed by atoms with Crippen LogP contribution in [0.1, 0.15) is 24.2 Å². The molecule has 2 rings (SSSR count). The summed E-state index contributed by atoms with van der Waals surface area (Å²) in [5, 5.41) is 2.88. The summed E-state index contributed by atoms with van der Waals surface area (Å²) in [5.74, 6) is 1.04. The number of carbonyl (C=O) groups is 1. The maximum Gasteiger partial charge on any atom is 0.244 e. The van der Waals surface area contributed by atoms with Crippen LogP contribution in [0, 0.1) is 0 Å². The predicted molar refractivity (Wildman–Crippen MR) is 98.5 cm³/mol. The second kappa shape index (κ2) is 9.27. The zero-order valence-corrected chi connectivity index (χ0v) is 14.4. The molecule has 130 valence electrons. The van der Waals surface area contributed by atoms with Gasteiger partial charge in [0.15, 0.2) is 11.5 Å². The van der Waals surface area contributed by atoms with Gasteiger partial charge in [0.05, 0.1) is 18.8 Å². The minimum Gasteiger partial charge on any atom is -0.493 e. The number of amides is 1. The van der Waals surface area contributed by atoms with Gasteiger partial charge in [0.25, 0.3) is 0 Å². The Bertz CT molecular complexity index is 742. The number of rotatable bonds is 8. The molecule has 0 radical (unpaired) electrons. The molecule has 0 fully saturated rings. The molecule has 2 aromatic rings. The summed E-state index contributed by atoms with van der Waals surface area (Å²) in [4.78, 5) is 16.3. The van der Waals surface area contributed by atoms with E-state index in [0.717, 1.165) is 11.3 Å². The highest BCUT2D eigenvalue weighted by molar-refractivity contribution is 5.92. The Hall–Kier alpha value is -3.08. The Balaban J connectivity index is 2.00. The van der Waals surface area contributed by atoms with Crippen LogP contribution in [0.2, 0.25) is 0 Å². The Kier molecular flexibility index (Phi) is 6.77. The molecular formula is C20H22N2O3. The molecule has 0 aliphatic rings. The van der Waals surface area contributed by atoms with Gasteiger partial charge in [-0.25, -0.2) is 0 Å². The van der Waals surface area contributed by atoms with E-state index in [1.54, 1.807) is 31.5 Å². The van der Waals surface area contributed by atoms with E-state index in [9.17, 15) is 4.79 Å². The molecule has 0 aliphatic heterocycles. The first kappa shape index (κ1) is 18.3. The van der Waals surface area contributed by atoms with E-state index in [0.29, 0.717) is 18.1 Å². The van der Waals surface area contributed by atoms with Crippen LogP contribution in [0.3, 0.4) is 0 Å². The fourth-order valence-corrected chi connectivity index (χ4v) is 2.20. The quantitative estimate of drug-likeness (QED) is 0.591. The number of aromatic nitrogens is 1. The van der Waals surface area contributed by atoms with Gasteiger partial charge in [-0.05, 0) is 42.8 Å². The first-order valence-electron chi connectivity index (χ1n) is 7.95. The fraction of sp³-hybridized carbons (Fsp3) is 0.200. The summed E-state index contributed by atoms with van der Waals surface area (Å²) >= 11 is 0. The highest BCUT2D eigenvalue weighted by Crippen LogP contribution is 2.28. The smallest absolute Gasteiger partial charge is 0.244 e. The number of ether oxygens (including phenoxy) is 2. The topological polar surface area (TPSA) is 60.5 Å². The molecule has 1 aromatic heterocycles. The van der Waals surface area contributed by atoms with E-state index in [2.05, 4.69) is 16.9 Å². The van der Waals surface area contributed by atoms with Crippen LogP contribution in [0.5, 0.6) is 11.5 Å². The van der Waals surface area contributed by atoms with Gasteiger partial charge in [-0.1, -0.05) is 24.8 Å². The van der Waals surface area contributed by atoms with E-state index < -0.39 is 0 Å². The standard InChI is InChI=1S/C20H22N2O3/c1-4-13-25-18-10-8-16(14-19(18)24-3)9-11-20(23)22-15(2)17-7-5-6-12-21-17/h4-12,14-15H,1,13H2,2-3H3,(H,22,23)/b11-9+. The summed E-state index contributed by atoms with van der Waals surface area (Å²) in [6, 6.07) is 10.9. The number of nitrogens with one attached hydrogen (secondary N) is 1. The molecule has 5 heteroatoms. The van der Waals surface area contributed by atoms with Crippen molar-refractivity contribution in [2.75, 3.05) is 13.7 Å². The minimum atomic E-state index is -0.191. The summed E-state index contributed by atoms with van der Waals surface area (Å²) in [6.45, 7) is 5.91. The third-order valence-corrected chi connectivity index (χ3v) is 3.46. The molecule has 1 N–H and O–H groups in total. The summed E-state index contributed by atoms with van der Waals surface area (Å²) in [6.07, 6.45) is 6.58. The SMILES string of the molecule is C=CCOc1ccc(/C=C/C(=O)NC(C)c2ccccn2)cc1OC. The van der Waals surface area contributed by atoms with Crippen LogP contribution in [-0.4, -0.2) is 24.6 Å². The molecule has 0 bridgehead atoms. The average molecular weight is 338 g/mol. The first-order valence-corrected chi connectivity index (χ1v) is 7.95. The van der Waals surface area contributed by atoms with Crippen LogP contribution in [0.15, 0.2) is 61.3 Å². The van der Waals surface area contributed by atoms with Crippen molar-refractivity contribution in [1.29, 1.82) is 0 Å². The molecular weight excluding hydrogens is 316 g/mol. The largest absolute Gasteiger partial charge is 0.493 e. The maximum absolute atomic E-state index is 12.1. The second-order valence-corrected chi connectivity index (χ2v) is 5.33. The van der Waals surface area contributed by atoms with Crippen LogP contribution in [0.25, 0.3) is 6.08 Å². The Morgan fingerprint density at radius 2 is 2.16 bits per heavy atom. The molecule has 0 aliphatic carbocycles. The zero-order valence-electron chi connectivity index (χ0n) is 14.4. The van der Waals surface area contributed by atoms with Crippen molar-refractivity contribution in [2.45, 2.75) is 13.0 Å². The van der Waals surface area contributed by atoms with Crippen molar-refractivity contribution in [3.8, 4) is 11.5 Å². The second-order valence-electron chi connectivity index (χ2n) is 5.33. The van der Waals surface area contributed by atoms with E-state index in [-0.39, 0.29) is 11.9 Å². The molecule has 0 spiro atoms. The van der Waals surface area contributed by atoms with Gasteiger partial charge in [-0.3, -0.25) is 9.78 Å². The van der Waals surface area contributed by atoms with Crippen molar-refractivity contribution in [3.63, 3.8) is 0 Å². The summed E-state index contributed by atoms with van der Waals surface area (Å²) < 4.78 is 10.8. The van der Waals surface area contributed by atoms with Crippen LogP contribution in [0.4, 0.5) is 0 Å². The third-order valence-electron chi connectivity index (χ3n) is 3.46. The molecule has 1 aromatic carbocycles. The third kappa shape index (κ3) is 5.49. The van der Waals surface area contributed by atoms with Crippen molar-refractivity contribution >= 4 is 12.0 Å². The van der Waals surface area contributed by atoms with Crippen molar-refractivity contribution in [1.82, 2.24) is 10.3 Å². The highest BCUT2D eigenvalue weighted by atomic mass is 16.5. The van der Waals surface area contributed by atoms with Crippen LogP contribution < -0.4 is 14.8 Å².